The number of rotatable bonds is 6. The number of pyridine rings is 1. The Morgan fingerprint density at radius 3 is 2.57 bits per heavy atom. The molecule has 3 aromatic rings. The first kappa shape index (κ1) is 26.2. The van der Waals surface area contributed by atoms with Crippen LogP contribution in [0.25, 0.3) is 11.1 Å². The summed E-state index contributed by atoms with van der Waals surface area (Å²) in [5.41, 5.74) is 3.79. The Hall–Kier alpha value is -3.82. The Morgan fingerprint density at radius 1 is 1.16 bits per heavy atom. The maximum absolute atomic E-state index is 14.5. The number of aromatic nitrogens is 3. The lowest BCUT2D eigenvalue weighted by Crippen LogP contribution is -2.49. The first-order valence-electron chi connectivity index (χ1n) is 12.3. The maximum Gasteiger partial charge on any atom is 0.270 e. The van der Waals surface area contributed by atoms with Gasteiger partial charge in [0.25, 0.3) is 5.91 Å². The van der Waals surface area contributed by atoms with Crippen LogP contribution < -0.4 is 15.4 Å². The lowest BCUT2D eigenvalue weighted by Gasteiger charge is -2.28. The molecule has 4 rings (SSSR count). The van der Waals surface area contributed by atoms with Crippen molar-refractivity contribution in [2.75, 3.05) is 5.32 Å². The monoisotopic (exact) mass is 511 g/mol. The average molecular weight is 512 g/mol. The van der Waals surface area contributed by atoms with E-state index in [9.17, 15) is 23.6 Å². The molecule has 196 valence electrons. The van der Waals surface area contributed by atoms with Gasteiger partial charge in [0.1, 0.15) is 11.7 Å². The van der Waals surface area contributed by atoms with Crippen molar-refractivity contribution >= 4 is 17.5 Å². The third-order valence-electron chi connectivity index (χ3n) is 7.01. The van der Waals surface area contributed by atoms with Gasteiger partial charge in [0.15, 0.2) is 11.9 Å². The first-order chi connectivity index (χ1) is 17.6. The third-order valence-corrected chi connectivity index (χ3v) is 7.01. The summed E-state index contributed by atoms with van der Waals surface area (Å²) in [6.45, 7) is 3.65. The summed E-state index contributed by atoms with van der Waals surface area (Å²) in [5.74, 6) is -4.74. The quantitative estimate of drug-likeness (QED) is 0.293. The van der Waals surface area contributed by atoms with Gasteiger partial charge in [-0.1, -0.05) is 18.6 Å². The van der Waals surface area contributed by atoms with Gasteiger partial charge in [-0.15, -0.1) is 0 Å². The summed E-state index contributed by atoms with van der Waals surface area (Å²) in [6.07, 6.45) is 3.54. The van der Waals surface area contributed by atoms with Crippen LogP contribution in [0, 0.1) is 25.0 Å². The Morgan fingerprint density at radius 2 is 1.89 bits per heavy atom. The molecule has 1 aromatic carbocycles. The fourth-order valence-electron chi connectivity index (χ4n) is 5.02. The highest BCUT2D eigenvalue weighted by molar-refractivity contribution is 6.00. The summed E-state index contributed by atoms with van der Waals surface area (Å²) < 4.78 is 31.1. The predicted molar refractivity (Wildman–Crippen MR) is 135 cm³/mol. The highest BCUT2D eigenvalue weighted by Gasteiger charge is 2.40. The molecule has 37 heavy (non-hydrogen) atoms. The lowest BCUT2D eigenvalue weighted by molar-refractivity contribution is -0.611. The fourth-order valence-corrected chi connectivity index (χ4v) is 5.02. The van der Waals surface area contributed by atoms with Gasteiger partial charge in [0.05, 0.1) is 5.56 Å². The van der Waals surface area contributed by atoms with Crippen molar-refractivity contribution < 1.29 is 23.1 Å². The second-order valence-electron chi connectivity index (χ2n) is 9.71. The number of carbonyl (C=O) groups is 2. The van der Waals surface area contributed by atoms with E-state index in [-0.39, 0.29) is 12.1 Å². The van der Waals surface area contributed by atoms with Crippen molar-refractivity contribution in [2.45, 2.75) is 57.9 Å². The van der Waals surface area contributed by atoms with E-state index in [1.807, 2.05) is 6.92 Å². The molecule has 1 fully saturated rings. The summed E-state index contributed by atoms with van der Waals surface area (Å²) in [7, 11) is 1.59. The van der Waals surface area contributed by atoms with Crippen LogP contribution in [-0.4, -0.2) is 33.6 Å². The molecule has 2 heterocycles. The van der Waals surface area contributed by atoms with Gasteiger partial charge >= 0.3 is 0 Å². The third kappa shape index (κ3) is 5.95. The standard InChI is InChI=1S/C27H31F2N5O3/c1-17-12-15-34(37)18(2)23(17)19-7-9-21(10-8-19)31-26(36)24(20-6-4-5-13-27(28,29)16-20)32-25(35)22-11-14-30-33(22)3/h7-12,14-15,20,24H,4-6,13,16H2,1-3H3,(H,31,36)(H,32,35). The molecule has 1 saturated carbocycles. The zero-order valence-corrected chi connectivity index (χ0v) is 21.1. The smallest absolute Gasteiger partial charge is 0.270 e. The Balaban J connectivity index is 1.57. The number of aryl methyl sites for hydroxylation is 2. The topological polar surface area (TPSA) is 103 Å². The zero-order valence-electron chi connectivity index (χ0n) is 21.1. The number of amides is 2. The largest absolute Gasteiger partial charge is 0.618 e. The number of alkyl halides is 2. The van der Waals surface area contributed by atoms with E-state index < -0.39 is 36.1 Å². The van der Waals surface area contributed by atoms with Crippen LogP contribution in [0.1, 0.15) is 53.8 Å². The number of anilines is 1. The molecule has 8 nitrogen and oxygen atoms in total. The number of hydrogen-bond donors (Lipinski definition) is 2. The fraction of sp³-hybridized carbons (Fsp3) is 0.407. The van der Waals surface area contributed by atoms with Crippen molar-refractivity contribution in [3.8, 4) is 11.1 Å². The number of halogens is 2. The maximum atomic E-state index is 14.5. The number of carbonyl (C=O) groups excluding carboxylic acids is 2. The van der Waals surface area contributed by atoms with Crippen molar-refractivity contribution in [3.05, 3.63) is 71.0 Å². The number of benzene rings is 1. The van der Waals surface area contributed by atoms with Crippen LogP contribution in [0.15, 0.2) is 48.8 Å². The van der Waals surface area contributed by atoms with Crippen molar-refractivity contribution in [2.24, 2.45) is 13.0 Å². The second kappa shape index (κ2) is 10.7. The van der Waals surface area contributed by atoms with Crippen molar-refractivity contribution in [3.63, 3.8) is 0 Å². The molecule has 0 radical (unpaired) electrons. The van der Waals surface area contributed by atoms with Crippen LogP contribution in [0.2, 0.25) is 0 Å². The molecule has 2 atom stereocenters. The van der Waals surface area contributed by atoms with Gasteiger partial charge in [0, 0.05) is 44.8 Å². The van der Waals surface area contributed by atoms with Gasteiger partial charge in [-0.25, -0.2) is 8.78 Å². The van der Waals surface area contributed by atoms with E-state index in [0.29, 0.717) is 30.6 Å². The van der Waals surface area contributed by atoms with Crippen LogP contribution in [0.3, 0.4) is 0 Å². The van der Waals surface area contributed by atoms with Gasteiger partial charge in [-0.05, 0) is 55.0 Å². The minimum Gasteiger partial charge on any atom is -0.618 e. The average Bonchev–Trinajstić information content (AvgIpc) is 3.20. The summed E-state index contributed by atoms with van der Waals surface area (Å²) in [5, 5.41) is 21.5. The highest BCUT2D eigenvalue weighted by atomic mass is 19.3. The Kier molecular flexibility index (Phi) is 7.56. The molecule has 2 N–H and O–H groups in total. The molecule has 2 aromatic heterocycles. The molecule has 0 aliphatic heterocycles. The zero-order chi connectivity index (χ0) is 26.7. The number of nitrogens with zero attached hydrogens (tertiary/aromatic N) is 3. The predicted octanol–water partition coefficient (Wildman–Crippen LogP) is 4.29. The molecule has 1 aliphatic rings. The van der Waals surface area contributed by atoms with E-state index in [1.54, 1.807) is 44.3 Å². The van der Waals surface area contributed by atoms with E-state index in [0.717, 1.165) is 21.4 Å². The first-order valence-corrected chi connectivity index (χ1v) is 12.3. The summed E-state index contributed by atoms with van der Waals surface area (Å²) >= 11 is 0. The van der Waals surface area contributed by atoms with Crippen LogP contribution in [0.4, 0.5) is 14.5 Å². The van der Waals surface area contributed by atoms with Crippen LogP contribution in [-0.2, 0) is 11.8 Å². The molecule has 2 amide bonds. The Bertz CT molecular complexity index is 1290. The highest BCUT2D eigenvalue weighted by Crippen LogP contribution is 2.37. The molecule has 10 heteroatoms. The lowest BCUT2D eigenvalue weighted by atomic mass is 9.89. The van der Waals surface area contributed by atoms with Crippen LogP contribution in [0.5, 0.6) is 0 Å². The van der Waals surface area contributed by atoms with E-state index in [2.05, 4.69) is 15.7 Å². The van der Waals surface area contributed by atoms with E-state index in [4.69, 9.17) is 0 Å². The molecule has 0 bridgehead atoms. The molecular formula is C27H31F2N5O3. The number of hydrogen-bond acceptors (Lipinski definition) is 4. The normalized spacial score (nSPS) is 18.0. The molecular weight excluding hydrogens is 480 g/mol. The molecule has 0 spiro atoms. The van der Waals surface area contributed by atoms with Crippen molar-refractivity contribution in [1.82, 2.24) is 15.1 Å². The van der Waals surface area contributed by atoms with Crippen LogP contribution >= 0.6 is 0 Å². The van der Waals surface area contributed by atoms with Gasteiger partial charge in [0.2, 0.25) is 11.8 Å². The number of nitrogens with one attached hydrogen (secondary N) is 2. The SMILES string of the molecule is Cc1cc[n+]([O-])c(C)c1-c1ccc(NC(=O)C(NC(=O)c2ccnn2C)C2CCCCC(F)(F)C2)cc1. The molecule has 2 unspecified atom stereocenters. The second-order valence-corrected chi connectivity index (χ2v) is 9.71. The van der Waals surface area contributed by atoms with E-state index >= 15 is 0 Å². The van der Waals surface area contributed by atoms with Gasteiger partial charge in [-0.2, -0.15) is 9.83 Å². The minimum atomic E-state index is -2.90. The molecule has 1 aliphatic carbocycles. The Labute approximate surface area is 214 Å². The van der Waals surface area contributed by atoms with Gasteiger partial charge < -0.3 is 15.8 Å². The molecule has 0 saturated heterocycles. The van der Waals surface area contributed by atoms with E-state index in [1.165, 1.54) is 23.1 Å². The van der Waals surface area contributed by atoms with Crippen molar-refractivity contribution in [1.29, 1.82) is 0 Å². The van der Waals surface area contributed by atoms with Gasteiger partial charge in [-0.3, -0.25) is 14.3 Å². The minimum absolute atomic E-state index is 0.226. The summed E-state index contributed by atoms with van der Waals surface area (Å²) in [6, 6.07) is 9.05. The summed E-state index contributed by atoms with van der Waals surface area (Å²) in [4.78, 5) is 26.3.